The van der Waals surface area contributed by atoms with Crippen molar-refractivity contribution in [2.24, 2.45) is 0 Å². The van der Waals surface area contributed by atoms with E-state index in [0.29, 0.717) is 38.3 Å². The molecule has 32 heavy (non-hydrogen) atoms. The zero-order valence-electron chi connectivity index (χ0n) is 18.4. The number of morpholine rings is 1. The van der Waals surface area contributed by atoms with Gasteiger partial charge in [-0.05, 0) is 43.0 Å². The molecule has 7 heteroatoms. The Bertz CT molecular complexity index is 971. The van der Waals surface area contributed by atoms with Crippen molar-refractivity contribution in [2.45, 2.75) is 31.7 Å². The molecule has 0 aliphatic carbocycles. The number of rotatable bonds is 5. The maximum atomic E-state index is 13.1. The number of amides is 2. The van der Waals surface area contributed by atoms with Gasteiger partial charge >= 0.3 is 0 Å². The fraction of sp³-hybridized carbons (Fsp3) is 0.480. The minimum absolute atomic E-state index is 0.000836. The minimum Gasteiger partial charge on any atom is -0.378 e. The van der Waals surface area contributed by atoms with Crippen molar-refractivity contribution in [2.75, 3.05) is 50.8 Å². The molecule has 0 saturated carbocycles. The third-order valence-corrected chi connectivity index (χ3v) is 6.83. The molecule has 0 radical (unpaired) electrons. The first-order chi connectivity index (χ1) is 15.7. The summed E-state index contributed by atoms with van der Waals surface area (Å²) in [6, 6.07) is 12.2. The molecule has 2 aromatic rings. The van der Waals surface area contributed by atoms with Crippen molar-refractivity contribution in [3.63, 3.8) is 0 Å². The van der Waals surface area contributed by atoms with Crippen molar-refractivity contribution in [1.82, 2.24) is 14.8 Å². The lowest BCUT2D eigenvalue weighted by Gasteiger charge is -2.27. The molecule has 3 aliphatic heterocycles. The van der Waals surface area contributed by atoms with E-state index in [1.807, 2.05) is 21.9 Å². The van der Waals surface area contributed by atoms with Crippen LogP contribution < -0.4 is 4.90 Å². The predicted molar refractivity (Wildman–Crippen MR) is 122 cm³/mol. The third kappa shape index (κ3) is 4.21. The van der Waals surface area contributed by atoms with Crippen LogP contribution in [0.5, 0.6) is 0 Å². The van der Waals surface area contributed by atoms with E-state index in [4.69, 9.17) is 4.74 Å². The molecule has 168 valence electrons. The summed E-state index contributed by atoms with van der Waals surface area (Å²) >= 11 is 0. The number of fused-ring (bicyclic) bond motifs is 1. The number of carbonyl (C=O) groups is 2. The molecule has 5 rings (SSSR count). The lowest BCUT2D eigenvalue weighted by atomic mass is 10.1. The standard InChI is InChI=1S/C25H30N4O3/c30-24(10-13-27-12-9-19-4-1-2-5-22(19)27)29-11-3-6-23(29)21-8-7-20(18-26-21)25(31)28-14-16-32-17-15-28/h1-2,4-5,7-8,18,23H,3,6,9-17H2/t23-/m0/s1. The largest absolute Gasteiger partial charge is 0.378 e. The average Bonchev–Trinajstić information content (AvgIpc) is 3.50. The summed E-state index contributed by atoms with van der Waals surface area (Å²) in [5.41, 5.74) is 4.11. The summed E-state index contributed by atoms with van der Waals surface area (Å²) in [6.45, 7) is 4.91. The van der Waals surface area contributed by atoms with Gasteiger partial charge in [0.25, 0.3) is 5.91 Å². The Morgan fingerprint density at radius 3 is 2.69 bits per heavy atom. The topological polar surface area (TPSA) is 66.0 Å². The fourth-order valence-corrected chi connectivity index (χ4v) is 5.06. The Labute approximate surface area is 189 Å². The maximum absolute atomic E-state index is 13.1. The van der Waals surface area contributed by atoms with Crippen LogP contribution in [0.1, 0.15) is 46.9 Å². The van der Waals surface area contributed by atoms with E-state index >= 15 is 0 Å². The highest BCUT2D eigenvalue weighted by Gasteiger charge is 2.31. The Hall–Kier alpha value is -2.93. The van der Waals surface area contributed by atoms with Crippen molar-refractivity contribution in [3.8, 4) is 0 Å². The van der Waals surface area contributed by atoms with Gasteiger partial charge in [0.05, 0.1) is 30.5 Å². The zero-order valence-corrected chi connectivity index (χ0v) is 18.4. The van der Waals surface area contributed by atoms with Crippen molar-refractivity contribution < 1.29 is 14.3 Å². The van der Waals surface area contributed by atoms with Crippen LogP contribution in [0.25, 0.3) is 0 Å². The summed E-state index contributed by atoms with van der Waals surface area (Å²) in [5, 5.41) is 0. The molecule has 3 aliphatic rings. The van der Waals surface area contributed by atoms with Gasteiger partial charge in [0.1, 0.15) is 0 Å². The number of aromatic nitrogens is 1. The van der Waals surface area contributed by atoms with Gasteiger partial charge in [0.2, 0.25) is 5.91 Å². The third-order valence-electron chi connectivity index (χ3n) is 6.83. The predicted octanol–water partition coefficient (Wildman–Crippen LogP) is 2.67. The number of anilines is 1. The van der Waals surface area contributed by atoms with E-state index < -0.39 is 0 Å². The van der Waals surface area contributed by atoms with Crippen LogP contribution in [0.2, 0.25) is 0 Å². The Kier molecular flexibility index (Phi) is 6.08. The first-order valence-corrected chi connectivity index (χ1v) is 11.7. The van der Waals surface area contributed by atoms with Crippen molar-refractivity contribution >= 4 is 17.5 Å². The Balaban J connectivity index is 1.20. The monoisotopic (exact) mass is 434 g/mol. The van der Waals surface area contributed by atoms with Gasteiger partial charge < -0.3 is 19.4 Å². The van der Waals surface area contributed by atoms with Crippen LogP contribution in [0, 0.1) is 0 Å². The second-order valence-electron chi connectivity index (χ2n) is 8.74. The molecular weight excluding hydrogens is 404 g/mol. The SMILES string of the molecule is O=C(c1ccc([C@@H]2CCCN2C(=O)CCN2CCc3ccccc32)nc1)N1CCOCC1. The van der Waals surface area contributed by atoms with Gasteiger partial charge in [-0.1, -0.05) is 18.2 Å². The molecule has 2 saturated heterocycles. The number of hydrogen-bond acceptors (Lipinski definition) is 5. The summed E-state index contributed by atoms with van der Waals surface area (Å²) in [5.74, 6) is 0.185. The van der Waals surface area contributed by atoms with Crippen LogP contribution in [0.15, 0.2) is 42.6 Å². The molecule has 0 unspecified atom stereocenters. The minimum atomic E-state index is -0.00222. The van der Waals surface area contributed by atoms with Gasteiger partial charge in [-0.2, -0.15) is 0 Å². The smallest absolute Gasteiger partial charge is 0.255 e. The molecular formula is C25H30N4O3. The molecule has 4 heterocycles. The number of para-hydroxylation sites is 1. The van der Waals surface area contributed by atoms with E-state index in [0.717, 1.165) is 44.6 Å². The molecule has 1 aromatic carbocycles. The van der Waals surface area contributed by atoms with Gasteiger partial charge in [-0.25, -0.2) is 0 Å². The van der Waals surface area contributed by atoms with E-state index in [-0.39, 0.29) is 17.9 Å². The summed E-state index contributed by atoms with van der Waals surface area (Å²) < 4.78 is 5.33. The molecule has 7 nitrogen and oxygen atoms in total. The quantitative estimate of drug-likeness (QED) is 0.724. The van der Waals surface area contributed by atoms with Crippen molar-refractivity contribution in [3.05, 3.63) is 59.4 Å². The maximum Gasteiger partial charge on any atom is 0.255 e. The second kappa shape index (κ2) is 9.28. The molecule has 0 N–H and O–H groups in total. The van der Waals surface area contributed by atoms with E-state index in [9.17, 15) is 9.59 Å². The normalized spacial score (nSPS) is 20.5. The van der Waals surface area contributed by atoms with Crippen LogP contribution in [0.3, 0.4) is 0 Å². The Morgan fingerprint density at radius 1 is 1.03 bits per heavy atom. The molecule has 1 aromatic heterocycles. The van der Waals surface area contributed by atoms with Gasteiger partial charge in [0, 0.05) is 51.0 Å². The average molecular weight is 435 g/mol. The zero-order chi connectivity index (χ0) is 21.9. The molecule has 2 fully saturated rings. The lowest BCUT2D eigenvalue weighted by molar-refractivity contribution is -0.132. The molecule has 1 atom stereocenters. The van der Waals surface area contributed by atoms with Crippen LogP contribution >= 0.6 is 0 Å². The summed E-state index contributed by atoms with van der Waals surface area (Å²) in [6.07, 6.45) is 5.13. The lowest BCUT2D eigenvalue weighted by Crippen LogP contribution is -2.40. The number of nitrogens with zero attached hydrogens (tertiary/aromatic N) is 4. The highest BCUT2D eigenvalue weighted by atomic mass is 16.5. The van der Waals surface area contributed by atoms with E-state index in [1.165, 1.54) is 11.3 Å². The second-order valence-corrected chi connectivity index (χ2v) is 8.74. The summed E-state index contributed by atoms with van der Waals surface area (Å²) in [4.78, 5) is 36.4. The van der Waals surface area contributed by atoms with Crippen LogP contribution in [-0.4, -0.2) is 72.5 Å². The van der Waals surface area contributed by atoms with Crippen LogP contribution in [0.4, 0.5) is 5.69 Å². The van der Waals surface area contributed by atoms with Crippen LogP contribution in [-0.2, 0) is 16.0 Å². The molecule has 2 amide bonds. The first kappa shape index (κ1) is 20.9. The molecule has 0 spiro atoms. The van der Waals surface area contributed by atoms with Gasteiger partial charge in [0.15, 0.2) is 0 Å². The van der Waals surface area contributed by atoms with Crippen molar-refractivity contribution in [1.29, 1.82) is 0 Å². The fourth-order valence-electron chi connectivity index (χ4n) is 5.06. The number of ether oxygens (including phenoxy) is 1. The summed E-state index contributed by atoms with van der Waals surface area (Å²) in [7, 11) is 0. The van der Waals surface area contributed by atoms with E-state index in [2.05, 4.69) is 34.1 Å². The number of carbonyl (C=O) groups excluding carboxylic acids is 2. The highest BCUT2D eigenvalue weighted by molar-refractivity contribution is 5.94. The number of pyridine rings is 1. The number of hydrogen-bond donors (Lipinski definition) is 0. The highest BCUT2D eigenvalue weighted by Crippen LogP contribution is 2.32. The van der Waals surface area contributed by atoms with Gasteiger partial charge in [-0.3, -0.25) is 14.6 Å². The molecule has 0 bridgehead atoms. The number of likely N-dealkylation sites (tertiary alicyclic amines) is 1. The Morgan fingerprint density at radius 2 is 1.88 bits per heavy atom. The number of benzene rings is 1. The van der Waals surface area contributed by atoms with E-state index in [1.54, 1.807) is 6.20 Å². The first-order valence-electron chi connectivity index (χ1n) is 11.7. The van der Waals surface area contributed by atoms with Gasteiger partial charge in [-0.15, -0.1) is 0 Å².